The third-order valence-corrected chi connectivity index (χ3v) is 3.39. The summed E-state index contributed by atoms with van der Waals surface area (Å²) in [5.74, 6) is 0.746. The third kappa shape index (κ3) is 4.90. The van der Waals surface area contributed by atoms with Crippen LogP contribution >= 0.6 is 0 Å². The predicted molar refractivity (Wildman–Crippen MR) is 80.7 cm³/mol. The molecule has 1 heterocycles. The molecule has 0 aliphatic heterocycles. The van der Waals surface area contributed by atoms with E-state index in [4.69, 9.17) is 0 Å². The second-order valence-electron chi connectivity index (χ2n) is 5.55. The number of amides is 2. The number of carbonyl (C=O) groups excluding carboxylic acids is 1. The van der Waals surface area contributed by atoms with Crippen molar-refractivity contribution in [3.63, 3.8) is 0 Å². The van der Waals surface area contributed by atoms with Crippen LogP contribution in [0.3, 0.4) is 0 Å². The van der Waals surface area contributed by atoms with E-state index in [1.807, 2.05) is 4.57 Å². The van der Waals surface area contributed by atoms with E-state index in [9.17, 15) is 18.0 Å². The molecule has 2 amide bonds. The molecule has 1 aromatic carbocycles. The van der Waals surface area contributed by atoms with Crippen LogP contribution in [0.25, 0.3) is 0 Å². The van der Waals surface area contributed by atoms with Gasteiger partial charge in [-0.25, -0.2) is 9.78 Å². The minimum Gasteiger partial charge on any atom is -0.406 e. The van der Waals surface area contributed by atoms with Gasteiger partial charge in [0.2, 0.25) is 0 Å². The second-order valence-corrected chi connectivity index (χ2v) is 5.55. The summed E-state index contributed by atoms with van der Waals surface area (Å²) in [5, 5.41) is 5.07. The molecule has 0 bridgehead atoms. The Labute approximate surface area is 135 Å². The van der Waals surface area contributed by atoms with Crippen molar-refractivity contribution >= 4 is 17.5 Å². The van der Waals surface area contributed by atoms with Crippen molar-refractivity contribution in [2.75, 3.05) is 10.6 Å². The number of anilines is 2. The summed E-state index contributed by atoms with van der Waals surface area (Å²) in [6.07, 6.45) is 1.08. The van der Waals surface area contributed by atoms with Crippen LogP contribution in [0.15, 0.2) is 36.8 Å². The largest absolute Gasteiger partial charge is 0.573 e. The molecule has 0 radical (unpaired) electrons. The van der Waals surface area contributed by atoms with Gasteiger partial charge in [-0.2, -0.15) is 0 Å². The average molecular weight is 340 g/mol. The third-order valence-electron chi connectivity index (χ3n) is 3.39. The first kappa shape index (κ1) is 16.2. The van der Waals surface area contributed by atoms with Crippen molar-refractivity contribution < 1.29 is 22.7 Å². The van der Waals surface area contributed by atoms with Crippen molar-refractivity contribution in [2.45, 2.75) is 25.7 Å². The van der Waals surface area contributed by atoms with Gasteiger partial charge >= 0.3 is 12.4 Å². The van der Waals surface area contributed by atoms with Crippen molar-refractivity contribution in [1.29, 1.82) is 0 Å². The van der Waals surface area contributed by atoms with Gasteiger partial charge in [-0.05, 0) is 43.0 Å². The molecule has 1 aromatic heterocycles. The van der Waals surface area contributed by atoms with Gasteiger partial charge in [-0.3, -0.25) is 5.32 Å². The van der Waals surface area contributed by atoms with Gasteiger partial charge < -0.3 is 14.6 Å². The lowest BCUT2D eigenvalue weighted by Gasteiger charge is -2.10. The van der Waals surface area contributed by atoms with Gasteiger partial charge in [0, 0.05) is 18.4 Å². The molecule has 24 heavy (non-hydrogen) atoms. The van der Waals surface area contributed by atoms with Gasteiger partial charge in [-0.15, -0.1) is 13.2 Å². The Morgan fingerprint density at radius 1 is 1.25 bits per heavy atom. The molecule has 1 fully saturated rings. The molecule has 1 aliphatic carbocycles. The number of benzene rings is 1. The summed E-state index contributed by atoms with van der Waals surface area (Å²) >= 11 is 0. The van der Waals surface area contributed by atoms with Crippen molar-refractivity contribution in [1.82, 2.24) is 9.55 Å². The minimum absolute atomic E-state index is 0.333. The SMILES string of the molecule is O=C(Nc1ccc(OC(F)(F)F)cc1)Nc1cn(CC2CC2)cn1. The monoisotopic (exact) mass is 340 g/mol. The molecule has 0 spiro atoms. The van der Waals surface area contributed by atoms with Crippen LogP contribution in [-0.4, -0.2) is 21.9 Å². The Bertz CT molecular complexity index is 708. The lowest BCUT2D eigenvalue weighted by atomic mass is 10.3. The number of carbonyl (C=O) groups is 1. The van der Waals surface area contributed by atoms with E-state index in [0.29, 0.717) is 17.4 Å². The molecule has 0 unspecified atom stereocenters. The number of rotatable bonds is 5. The number of imidazole rings is 1. The number of nitrogens with zero attached hydrogens (tertiary/aromatic N) is 2. The first-order valence-electron chi connectivity index (χ1n) is 7.33. The highest BCUT2D eigenvalue weighted by atomic mass is 19.4. The van der Waals surface area contributed by atoms with Gasteiger partial charge in [0.25, 0.3) is 0 Å². The van der Waals surface area contributed by atoms with Crippen LogP contribution in [0.2, 0.25) is 0 Å². The molecule has 2 N–H and O–H groups in total. The standard InChI is InChI=1S/C15H15F3N4O2/c16-15(17,18)24-12-5-3-11(4-6-12)20-14(23)21-13-8-22(9-19-13)7-10-1-2-10/h3-6,8-10H,1-2,7H2,(H2,20,21,23). The van der Waals surface area contributed by atoms with E-state index < -0.39 is 12.4 Å². The molecule has 128 valence electrons. The first-order chi connectivity index (χ1) is 11.4. The van der Waals surface area contributed by atoms with Crippen LogP contribution in [0.1, 0.15) is 12.8 Å². The fourth-order valence-electron chi connectivity index (χ4n) is 2.14. The van der Waals surface area contributed by atoms with E-state index in [1.165, 1.54) is 25.0 Å². The molecule has 2 aromatic rings. The Hall–Kier alpha value is -2.71. The van der Waals surface area contributed by atoms with Crippen LogP contribution in [0.4, 0.5) is 29.5 Å². The number of alkyl halides is 3. The van der Waals surface area contributed by atoms with Crippen LogP contribution in [0.5, 0.6) is 5.75 Å². The van der Waals surface area contributed by atoms with E-state index in [-0.39, 0.29) is 5.75 Å². The summed E-state index contributed by atoms with van der Waals surface area (Å²) in [6, 6.07) is 4.33. The second kappa shape index (κ2) is 6.42. The number of aromatic nitrogens is 2. The highest BCUT2D eigenvalue weighted by Gasteiger charge is 2.31. The molecule has 9 heteroatoms. The predicted octanol–water partition coefficient (Wildman–Crippen LogP) is 3.84. The highest BCUT2D eigenvalue weighted by Crippen LogP contribution is 2.30. The Kier molecular flexibility index (Phi) is 4.32. The van der Waals surface area contributed by atoms with Gasteiger partial charge in [-0.1, -0.05) is 0 Å². The molecule has 1 aliphatic rings. The van der Waals surface area contributed by atoms with Crippen LogP contribution in [-0.2, 0) is 6.54 Å². The van der Waals surface area contributed by atoms with E-state index >= 15 is 0 Å². The lowest BCUT2D eigenvalue weighted by molar-refractivity contribution is -0.274. The fourth-order valence-corrected chi connectivity index (χ4v) is 2.14. The zero-order valence-corrected chi connectivity index (χ0v) is 12.5. The molecule has 1 saturated carbocycles. The minimum atomic E-state index is -4.74. The maximum Gasteiger partial charge on any atom is 0.573 e. The summed E-state index contributed by atoms with van der Waals surface area (Å²) in [4.78, 5) is 15.9. The van der Waals surface area contributed by atoms with Gasteiger partial charge in [0.15, 0.2) is 5.82 Å². The van der Waals surface area contributed by atoms with Gasteiger partial charge in [0.1, 0.15) is 5.75 Å². The van der Waals surface area contributed by atoms with Crippen LogP contribution in [0, 0.1) is 5.92 Å². The van der Waals surface area contributed by atoms with Crippen molar-refractivity contribution in [3.8, 4) is 5.75 Å². The van der Waals surface area contributed by atoms with Crippen LogP contribution < -0.4 is 15.4 Å². The molecule has 3 rings (SSSR count). The normalized spacial score (nSPS) is 14.3. The number of ether oxygens (including phenoxy) is 1. The summed E-state index contributed by atoms with van der Waals surface area (Å²) in [6.45, 7) is 0.886. The molecular weight excluding hydrogens is 325 g/mol. The number of urea groups is 1. The van der Waals surface area contributed by atoms with E-state index in [1.54, 1.807) is 12.5 Å². The number of halogens is 3. The smallest absolute Gasteiger partial charge is 0.406 e. The zero-order valence-electron chi connectivity index (χ0n) is 12.5. The number of hydrogen-bond donors (Lipinski definition) is 2. The summed E-state index contributed by atoms with van der Waals surface area (Å²) in [5.41, 5.74) is 0.333. The summed E-state index contributed by atoms with van der Waals surface area (Å²) < 4.78 is 41.9. The molecule has 6 nitrogen and oxygen atoms in total. The Morgan fingerprint density at radius 3 is 2.58 bits per heavy atom. The van der Waals surface area contributed by atoms with Crippen molar-refractivity contribution in [3.05, 3.63) is 36.8 Å². The first-order valence-corrected chi connectivity index (χ1v) is 7.33. The number of hydrogen-bond acceptors (Lipinski definition) is 3. The lowest BCUT2D eigenvalue weighted by Crippen LogP contribution is -2.20. The highest BCUT2D eigenvalue weighted by molar-refractivity contribution is 5.99. The van der Waals surface area contributed by atoms with Crippen molar-refractivity contribution in [2.24, 2.45) is 5.92 Å². The summed E-state index contributed by atoms with van der Waals surface area (Å²) in [7, 11) is 0. The molecular formula is C15H15F3N4O2. The Morgan fingerprint density at radius 2 is 1.96 bits per heavy atom. The number of nitrogens with one attached hydrogen (secondary N) is 2. The maximum absolute atomic E-state index is 12.1. The molecule has 0 saturated heterocycles. The van der Waals surface area contributed by atoms with E-state index in [0.717, 1.165) is 18.7 Å². The van der Waals surface area contributed by atoms with Gasteiger partial charge in [0.05, 0.1) is 6.33 Å². The quantitative estimate of drug-likeness (QED) is 0.869. The molecule has 0 atom stereocenters. The Balaban J connectivity index is 1.51. The average Bonchev–Trinajstić information content (AvgIpc) is 3.19. The fraction of sp³-hybridized carbons (Fsp3) is 0.333. The topological polar surface area (TPSA) is 68.2 Å². The van der Waals surface area contributed by atoms with E-state index in [2.05, 4.69) is 20.4 Å². The zero-order chi connectivity index (χ0) is 17.2. The maximum atomic E-state index is 12.1.